The van der Waals surface area contributed by atoms with Crippen molar-refractivity contribution in [1.82, 2.24) is 14.9 Å². The number of nitrogens with zero attached hydrogens (tertiary/aromatic N) is 3. The Morgan fingerprint density at radius 3 is 2.68 bits per heavy atom. The summed E-state index contributed by atoms with van der Waals surface area (Å²) in [7, 11) is 4.05. The zero-order valence-electron chi connectivity index (χ0n) is 12.1. The van der Waals surface area contributed by atoms with Gasteiger partial charge in [0.15, 0.2) is 0 Å². The van der Waals surface area contributed by atoms with E-state index in [4.69, 9.17) is 16.3 Å². The van der Waals surface area contributed by atoms with E-state index in [1.807, 2.05) is 27.9 Å². The lowest BCUT2D eigenvalue weighted by Gasteiger charge is -2.11. The average Bonchev–Trinajstić information content (AvgIpc) is 2.32. The highest BCUT2D eigenvalue weighted by Crippen LogP contribution is 2.16. The van der Waals surface area contributed by atoms with Gasteiger partial charge >= 0.3 is 0 Å². The third kappa shape index (κ3) is 6.71. The van der Waals surface area contributed by atoms with Crippen LogP contribution < -0.4 is 5.32 Å². The van der Waals surface area contributed by atoms with E-state index in [2.05, 4.69) is 20.2 Å². The zero-order chi connectivity index (χ0) is 14.3. The molecular formula is C13H23ClN4O. The summed E-state index contributed by atoms with van der Waals surface area (Å²) in [6.07, 6.45) is 0. The maximum atomic E-state index is 5.96. The van der Waals surface area contributed by atoms with Gasteiger partial charge in [-0.3, -0.25) is 0 Å². The highest BCUT2D eigenvalue weighted by atomic mass is 35.5. The number of rotatable bonds is 8. The Morgan fingerprint density at radius 1 is 1.32 bits per heavy atom. The average molecular weight is 287 g/mol. The molecule has 0 aromatic carbocycles. The van der Waals surface area contributed by atoms with Crippen LogP contribution in [0, 0.1) is 0 Å². The van der Waals surface area contributed by atoms with Gasteiger partial charge in [-0.15, -0.1) is 0 Å². The van der Waals surface area contributed by atoms with Crippen LogP contribution in [0.1, 0.15) is 25.6 Å². The molecule has 1 aromatic heterocycles. The second-order valence-corrected chi connectivity index (χ2v) is 5.32. The Hall–Kier alpha value is -0.910. The van der Waals surface area contributed by atoms with Crippen molar-refractivity contribution >= 4 is 17.4 Å². The summed E-state index contributed by atoms with van der Waals surface area (Å²) in [5.41, 5.74) is 0. The molecule has 0 aliphatic heterocycles. The van der Waals surface area contributed by atoms with Gasteiger partial charge in [-0.2, -0.15) is 0 Å². The minimum atomic E-state index is 0.260. The first-order valence-electron chi connectivity index (χ1n) is 6.50. The second kappa shape index (κ2) is 8.30. The minimum absolute atomic E-state index is 0.260. The Balaban J connectivity index is 2.33. The fourth-order valence-electron chi connectivity index (χ4n) is 1.38. The molecule has 6 heteroatoms. The molecular weight excluding hydrogens is 264 g/mol. The van der Waals surface area contributed by atoms with Crippen molar-refractivity contribution < 1.29 is 4.74 Å². The number of nitrogens with one attached hydrogen (secondary N) is 1. The van der Waals surface area contributed by atoms with Crippen LogP contribution in [-0.4, -0.2) is 55.3 Å². The van der Waals surface area contributed by atoms with Gasteiger partial charge in [0, 0.05) is 25.1 Å². The van der Waals surface area contributed by atoms with Crippen molar-refractivity contribution in [3.63, 3.8) is 0 Å². The summed E-state index contributed by atoms with van der Waals surface area (Å²) < 4.78 is 5.49. The van der Waals surface area contributed by atoms with Gasteiger partial charge in [0.05, 0.1) is 13.2 Å². The lowest BCUT2D eigenvalue weighted by atomic mass is 10.2. The highest BCUT2D eigenvalue weighted by Gasteiger charge is 2.06. The fourth-order valence-corrected chi connectivity index (χ4v) is 1.57. The van der Waals surface area contributed by atoms with Crippen LogP contribution in [0.2, 0.25) is 5.15 Å². The number of likely N-dealkylation sites (N-methyl/N-ethyl adjacent to an activating group) is 1. The number of hydrogen-bond donors (Lipinski definition) is 1. The van der Waals surface area contributed by atoms with Gasteiger partial charge in [0.2, 0.25) is 0 Å². The van der Waals surface area contributed by atoms with Crippen LogP contribution in [0.4, 0.5) is 5.82 Å². The summed E-state index contributed by atoms with van der Waals surface area (Å²) in [5, 5.41) is 3.66. The quantitative estimate of drug-likeness (QED) is 0.587. The largest absolute Gasteiger partial charge is 0.378 e. The number of ether oxygens (including phenoxy) is 1. The van der Waals surface area contributed by atoms with E-state index in [0.29, 0.717) is 18.3 Å². The second-order valence-electron chi connectivity index (χ2n) is 4.93. The monoisotopic (exact) mass is 286 g/mol. The topological polar surface area (TPSA) is 50.3 Å². The van der Waals surface area contributed by atoms with Gasteiger partial charge in [-0.1, -0.05) is 25.4 Å². The minimum Gasteiger partial charge on any atom is -0.378 e. The van der Waals surface area contributed by atoms with E-state index in [1.165, 1.54) is 0 Å². The third-order valence-corrected chi connectivity index (χ3v) is 2.66. The normalized spacial score (nSPS) is 11.3. The zero-order valence-corrected chi connectivity index (χ0v) is 12.9. The van der Waals surface area contributed by atoms with Crippen LogP contribution in [0.5, 0.6) is 0 Å². The first-order chi connectivity index (χ1) is 8.99. The van der Waals surface area contributed by atoms with Crippen molar-refractivity contribution in [3.8, 4) is 0 Å². The molecule has 0 fully saturated rings. The predicted molar refractivity (Wildman–Crippen MR) is 79.0 cm³/mol. The number of anilines is 1. The van der Waals surface area contributed by atoms with Crippen molar-refractivity contribution in [2.45, 2.75) is 19.8 Å². The van der Waals surface area contributed by atoms with Crippen LogP contribution in [0.15, 0.2) is 6.07 Å². The molecule has 0 aliphatic rings. The van der Waals surface area contributed by atoms with Gasteiger partial charge in [-0.25, -0.2) is 9.97 Å². The van der Waals surface area contributed by atoms with Crippen molar-refractivity contribution in [1.29, 1.82) is 0 Å². The molecule has 5 nitrogen and oxygen atoms in total. The van der Waals surface area contributed by atoms with Crippen molar-refractivity contribution in [2.75, 3.05) is 45.7 Å². The van der Waals surface area contributed by atoms with Crippen molar-refractivity contribution in [2.24, 2.45) is 0 Å². The molecule has 0 amide bonds. The van der Waals surface area contributed by atoms with Crippen LogP contribution in [-0.2, 0) is 4.74 Å². The lowest BCUT2D eigenvalue weighted by Crippen LogP contribution is -2.20. The van der Waals surface area contributed by atoms with E-state index in [-0.39, 0.29) is 5.92 Å². The first kappa shape index (κ1) is 16.1. The maximum absolute atomic E-state index is 5.96. The molecule has 0 saturated carbocycles. The summed E-state index contributed by atoms with van der Waals surface area (Å²) in [5.74, 6) is 1.76. The lowest BCUT2D eigenvalue weighted by molar-refractivity contribution is 0.126. The molecule has 0 spiro atoms. The summed E-state index contributed by atoms with van der Waals surface area (Å²) in [4.78, 5) is 10.7. The first-order valence-corrected chi connectivity index (χ1v) is 6.87. The molecule has 0 bridgehead atoms. The summed E-state index contributed by atoms with van der Waals surface area (Å²) in [6.45, 7) is 7.09. The molecule has 1 rings (SSSR count). The van der Waals surface area contributed by atoms with E-state index >= 15 is 0 Å². The fraction of sp³-hybridized carbons (Fsp3) is 0.692. The Kier molecular flexibility index (Phi) is 7.05. The molecule has 0 aliphatic carbocycles. The van der Waals surface area contributed by atoms with Gasteiger partial charge in [-0.05, 0) is 14.1 Å². The van der Waals surface area contributed by atoms with E-state index < -0.39 is 0 Å². The van der Waals surface area contributed by atoms with Crippen LogP contribution in [0.3, 0.4) is 0 Å². The summed E-state index contributed by atoms with van der Waals surface area (Å²) >= 11 is 5.96. The molecule has 0 radical (unpaired) electrons. The van der Waals surface area contributed by atoms with E-state index in [0.717, 1.165) is 24.8 Å². The molecule has 0 saturated heterocycles. The molecule has 108 valence electrons. The molecule has 0 unspecified atom stereocenters. The Bertz CT molecular complexity index is 385. The van der Waals surface area contributed by atoms with Gasteiger partial charge in [0.25, 0.3) is 0 Å². The van der Waals surface area contributed by atoms with Crippen LogP contribution in [0.25, 0.3) is 0 Å². The third-order valence-electron chi connectivity index (χ3n) is 2.46. The molecule has 19 heavy (non-hydrogen) atoms. The molecule has 1 heterocycles. The van der Waals surface area contributed by atoms with Gasteiger partial charge < -0.3 is 15.0 Å². The van der Waals surface area contributed by atoms with Gasteiger partial charge in [0.1, 0.15) is 16.8 Å². The Morgan fingerprint density at radius 2 is 2.05 bits per heavy atom. The van der Waals surface area contributed by atoms with Crippen LogP contribution >= 0.6 is 11.6 Å². The van der Waals surface area contributed by atoms with E-state index in [1.54, 1.807) is 6.07 Å². The van der Waals surface area contributed by atoms with E-state index in [9.17, 15) is 0 Å². The number of hydrogen-bond acceptors (Lipinski definition) is 5. The molecule has 1 N–H and O–H groups in total. The Labute approximate surface area is 120 Å². The highest BCUT2D eigenvalue weighted by molar-refractivity contribution is 6.29. The number of halogens is 1. The molecule has 1 aromatic rings. The summed E-state index contributed by atoms with van der Waals surface area (Å²) in [6, 6.07) is 1.73. The predicted octanol–water partition coefficient (Wildman–Crippen LogP) is 2.24. The maximum Gasteiger partial charge on any atom is 0.135 e. The molecule has 0 atom stereocenters. The number of aromatic nitrogens is 2. The standard InChI is InChI=1S/C13H23ClN4O/c1-10(2)13-16-11(14)9-12(17-13)15-5-7-19-8-6-18(3)4/h9-10H,5-8H2,1-4H3,(H,15,16,17). The smallest absolute Gasteiger partial charge is 0.135 e. The SMILES string of the molecule is CC(C)c1nc(Cl)cc(NCCOCCN(C)C)n1. The van der Waals surface area contributed by atoms with Crippen molar-refractivity contribution in [3.05, 3.63) is 17.0 Å².